The molecule has 7 nitrogen and oxygen atoms in total. The minimum Gasteiger partial charge on any atom is -0.394 e. The van der Waals surface area contributed by atoms with Gasteiger partial charge in [0.05, 0.1) is 18.3 Å². The molecule has 1 amide bonds. The monoisotopic (exact) mass is 273 g/mol. The molecule has 0 aliphatic carbocycles. The summed E-state index contributed by atoms with van der Waals surface area (Å²) in [6.07, 6.45) is 3.31. The Bertz CT molecular complexity index is 581. The lowest BCUT2D eigenvalue weighted by atomic mass is 10.1. The zero-order valence-corrected chi connectivity index (χ0v) is 10.9. The smallest absolute Gasteiger partial charge is 0.254 e. The van der Waals surface area contributed by atoms with Crippen molar-refractivity contribution < 1.29 is 9.90 Å². The molecule has 1 aromatic heterocycles. The maximum atomic E-state index is 12.4. The number of rotatable bonds is 3. The van der Waals surface area contributed by atoms with Crippen LogP contribution >= 0.6 is 0 Å². The zero-order chi connectivity index (χ0) is 13.9. The molecule has 1 N–H and O–H groups in total. The van der Waals surface area contributed by atoms with Crippen molar-refractivity contribution in [3.63, 3.8) is 0 Å². The highest BCUT2D eigenvalue weighted by Gasteiger charge is 2.28. The van der Waals surface area contributed by atoms with Crippen LogP contribution in [-0.2, 0) is 0 Å². The van der Waals surface area contributed by atoms with Crippen LogP contribution in [0.25, 0.3) is 5.69 Å². The molecule has 0 saturated carbocycles. The molecular formula is C13H15N5O2. The Balaban J connectivity index is 1.79. The highest BCUT2D eigenvalue weighted by Crippen LogP contribution is 2.20. The number of likely N-dealkylation sites (tertiary alicyclic amines) is 1. The van der Waals surface area contributed by atoms with Gasteiger partial charge in [-0.2, -0.15) is 0 Å². The number of aromatic nitrogens is 4. The zero-order valence-electron chi connectivity index (χ0n) is 10.9. The van der Waals surface area contributed by atoms with E-state index < -0.39 is 0 Å². The van der Waals surface area contributed by atoms with Gasteiger partial charge >= 0.3 is 0 Å². The van der Waals surface area contributed by atoms with Crippen molar-refractivity contribution in [2.75, 3.05) is 13.2 Å². The van der Waals surface area contributed by atoms with Gasteiger partial charge in [-0.05, 0) is 47.5 Å². The predicted molar refractivity (Wildman–Crippen MR) is 70.3 cm³/mol. The Labute approximate surface area is 115 Å². The van der Waals surface area contributed by atoms with Gasteiger partial charge in [0, 0.05) is 12.1 Å². The average Bonchev–Trinajstić information content (AvgIpc) is 3.17. The van der Waals surface area contributed by atoms with Crippen LogP contribution in [0.1, 0.15) is 23.2 Å². The largest absolute Gasteiger partial charge is 0.394 e. The van der Waals surface area contributed by atoms with Gasteiger partial charge in [0.1, 0.15) is 6.33 Å². The molecule has 0 spiro atoms. The van der Waals surface area contributed by atoms with Crippen LogP contribution in [-0.4, -0.2) is 55.3 Å². The number of hydrogen-bond acceptors (Lipinski definition) is 5. The maximum absolute atomic E-state index is 12.4. The Morgan fingerprint density at radius 2 is 2.15 bits per heavy atom. The topological polar surface area (TPSA) is 84.1 Å². The van der Waals surface area contributed by atoms with E-state index >= 15 is 0 Å². The van der Waals surface area contributed by atoms with Crippen LogP contribution in [0, 0.1) is 0 Å². The molecule has 2 aromatic rings. The summed E-state index contributed by atoms with van der Waals surface area (Å²) >= 11 is 0. The average molecular weight is 273 g/mol. The van der Waals surface area contributed by atoms with Crippen LogP contribution in [0.15, 0.2) is 30.6 Å². The van der Waals surface area contributed by atoms with E-state index in [0.29, 0.717) is 12.1 Å². The van der Waals surface area contributed by atoms with E-state index in [1.54, 1.807) is 29.2 Å². The van der Waals surface area contributed by atoms with E-state index in [0.717, 1.165) is 18.5 Å². The highest BCUT2D eigenvalue weighted by atomic mass is 16.3. The van der Waals surface area contributed by atoms with Gasteiger partial charge in [-0.1, -0.05) is 0 Å². The summed E-state index contributed by atoms with van der Waals surface area (Å²) in [6.45, 7) is 0.729. The van der Waals surface area contributed by atoms with Crippen molar-refractivity contribution in [3.8, 4) is 5.69 Å². The van der Waals surface area contributed by atoms with Gasteiger partial charge in [0.15, 0.2) is 0 Å². The Kier molecular flexibility index (Phi) is 3.42. The van der Waals surface area contributed by atoms with Gasteiger partial charge in [0.25, 0.3) is 5.91 Å². The Morgan fingerprint density at radius 1 is 1.35 bits per heavy atom. The lowest BCUT2D eigenvalue weighted by Gasteiger charge is -2.23. The molecule has 1 aliphatic heterocycles. The van der Waals surface area contributed by atoms with Gasteiger partial charge in [-0.25, -0.2) is 4.68 Å². The predicted octanol–water partition coefficient (Wildman–Crippen LogP) is 0.259. The SMILES string of the molecule is O=C(c1ccc(-n2cnnn2)cc1)N1CCC[C@H]1CO. The number of benzene rings is 1. The summed E-state index contributed by atoms with van der Waals surface area (Å²) in [4.78, 5) is 14.1. The quantitative estimate of drug-likeness (QED) is 0.867. The lowest BCUT2D eigenvalue weighted by Crippen LogP contribution is -2.37. The van der Waals surface area contributed by atoms with E-state index in [-0.39, 0.29) is 18.6 Å². The molecule has 1 saturated heterocycles. The summed E-state index contributed by atoms with van der Waals surface area (Å²) in [7, 11) is 0. The Morgan fingerprint density at radius 3 is 2.80 bits per heavy atom. The third kappa shape index (κ3) is 2.27. The van der Waals surface area contributed by atoms with E-state index in [1.807, 2.05) is 0 Å². The minimum absolute atomic E-state index is 0.0223. The molecule has 2 heterocycles. The molecule has 1 aliphatic rings. The standard InChI is InChI=1S/C13H15N5O2/c19-8-12-2-1-7-17(12)13(20)10-3-5-11(6-4-10)18-9-14-15-16-18/h3-6,9,12,19H,1-2,7-8H2/t12-/m0/s1. The summed E-state index contributed by atoms with van der Waals surface area (Å²) in [6, 6.07) is 7.06. The molecule has 1 aromatic carbocycles. The van der Waals surface area contributed by atoms with Crippen molar-refractivity contribution in [3.05, 3.63) is 36.2 Å². The summed E-state index contributed by atoms with van der Waals surface area (Å²) in [5.41, 5.74) is 1.41. The molecule has 0 radical (unpaired) electrons. The highest BCUT2D eigenvalue weighted by molar-refractivity contribution is 5.94. The van der Waals surface area contributed by atoms with Crippen LogP contribution in [0.2, 0.25) is 0 Å². The number of hydrogen-bond donors (Lipinski definition) is 1. The fourth-order valence-electron chi connectivity index (χ4n) is 2.50. The van der Waals surface area contributed by atoms with Crippen LogP contribution in [0.5, 0.6) is 0 Å². The second kappa shape index (κ2) is 5.38. The molecule has 104 valence electrons. The number of tetrazole rings is 1. The minimum atomic E-state index is -0.0540. The van der Waals surface area contributed by atoms with Crippen molar-refractivity contribution in [2.45, 2.75) is 18.9 Å². The van der Waals surface area contributed by atoms with Crippen LogP contribution < -0.4 is 0 Å². The molecule has 0 bridgehead atoms. The molecule has 7 heteroatoms. The third-order valence-corrected chi connectivity index (χ3v) is 3.58. The normalized spacial score (nSPS) is 18.4. The van der Waals surface area contributed by atoms with Gasteiger partial charge in [-0.15, -0.1) is 5.10 Å². The second-order valence-electron chi connectivity index (χ2n) is 4.78. The molecule has 20 heavy (non-hydrogen) atoms. The van der Waals surface area contributed by atoms with Gasteiger partial charge < -0.3 is 10.0 Å². The first-order valence-electron chi connectivity index (χ1n) is 6.55. The van der Waals surface area contributed by atoms with Crippen molar-refractivity contribution in [1.82, 2.24) is 25.1 Å². The first-order chi connectivity index (χ1) is 9.79. The number of nitrogens with zero attached hydrogens (tertiary/aromatic N) is 5. The van der Waals surface area contributed by atoms with E-state index in [9.17, 15) is 9.90 Å². The molecule has 3 rings (SSSR count). The first kappa shape index (κ1) is 12.7. The van der Waals surface area contributed by atoms with Crippen LogP contribution in [0.4, 0.5) is 0 Å². The number of aliphatic hydroxyl groups excluding tert-OH is 1. The van der Waals surface area contributed by atoms with Crippen molar-refractivity contribution >= 4 is 5.91 Å². The molecular weight excluding hydrogens is 258 g/mol. The van der Waals surface area contributed by atoms with E-state index in [4.69, 9.17) is 0 Å². The summed E-state index contributed by atoms with van der Waals surface area (Å²) in [5, 5.41) is 20.2. The fourth-order valence-corrected chi connectivity index (χ4v) is 2.50. The first-order valence-corrected chi connectivity index (χ1v) is 6.55. The van der Waals surface area contributed by atoms with Gasteiger partial charge in [0.2, 0.25) is 0 Å². The van der Waals surface area contributed by atoms with Crippen LogP contribution in [0.3, 0.4) is 0 Å². The number of carbonyl (C=O) groups excluding carboxylic acids is 1. The number of carbonyl (C=O) groups is 1. The molecule has 1 atom stereocenters. The van der Waals surface area contributed by atoms with Crippen molar-refractivity contribution in [2.24, 2.45) is 0 Å². The second-order valence-corrected chi connectivity index (χ2v) is 4.78. The maximum Gasteiger partial charge on any atom is 0.254 e. The van der Waals surface area contributed by atoms with E-state index in [2.05, 4.69) is 15.5 Å². The Hall–Kier alpha value is -2.28. The van der Waals surface area contributed by atoms with Crippen molar-refractivity contribution in [1.29, 1.82) is 0 Å². The lowest BCUT2D eigenvalue weighted by molar-refractivity contribution is 0.0677. The number of aliphatic hydroxyl groups is 1. The van der Waals surface area contributed by atoms with E-state index in [1.165, 1.54) is 11.0 Å². The van der Waals surface area contributed by atoms with Gasteiger partial charge in [-0.3, -0.25) is 4.79 Å². The fraction of sp³-hybridized carbons (Fsp3) is 0.385. The third-order valence-electron chi connectivity index (χ3n) is 3.58. The summed E-state index contributed by atoms with van der Waals surface area (Å²) in [5.74, 6) is -0.0372. The molecule has 1 fully saturated rings. The number of amides is 1. The molecule has 0 unspecified atom stereocenters. The summed E-state index contributed by atoms with van der Waals surface area (Å²) < 4.78 is 1.53.